The monoisotopic (exact) mass is 288 g/mol. The molecule has 3 nitrogen and oxygen atoms in total. The first-order valence-electron chi connectivity index (χ1n) is 4.04. The molecule has 0 fully saturated rings. The summed E-state index contributed by atoms with van der Waals surface area (Å²) in [4.78, 5) is 4.40. The van der Waals surface area contributed by atoms with Crippen LogP contribution in [0.3, 0.4) is 0 Å². The van der Waals surface area contributed by atoms with Gasteiger partial charge in [-0.05, 0) is 34.7 Å². The lowest BCUT2D eigenvalue weighted by atomic mass is 10.4. The van der Waals surface area contributed by atoms with Gasteiger partial charge in [0.15, 0.2) is 0 Å². The van der Waals surface area contributed by atoms with E-state index in [-0.39, 0.29) is 6.61 Å². The van der Waals surface area contributed by atoms with Gasteiger partial charge in [-0.3, -0.25) is 0 Å². The number of imidazole rings is 1. The van der Waals surface area contributed by atoms with Crippen molar-refractivity contribution in [3.63, 3.8) is 0 Å². The molecule has 0 radical (unpaired) electrons. The summed E-state index contributed by atoms with van der Waals surface area (Å²) in [5, 5.41) is 8.76. The molecule has 2 aromatic heterocycles. The van der Waals surface area contributed by atoms with Crippen LogP contribution in [0.4, 0.5) is 0 Å². The van der Waals surface area contributed by atoms with Crippen LogP contribution in [0.2, 0.25) is 0 Å². The molecule has 0 saturated heterocycles. The topological polar surface area (TPSA) is 37.5 Å². The van der Waals surface area contributed by atoms with Gasteiger partial charge in [0.25, 0.3) is 0 Å². The fourth-order valence-corrected chi connectivity index (χ4v) is 1.87. The van der Waals surface area contributed by atoms with Gasteiger partial charge in [-0.25, -0.2) is 4.98 Å². The number of aromatic nitrogens is 2. The highest BCUT2D eigenvalue weighted by molar-refractivity contribution is 14.1. The summed E-state index contributed by atoms with van der Waals surface area (Å²) in [7, 11) is 0. The van der Waals surface area contributed by atoms with Crippen LogP contribution >= 0.6 is 22.6 Å². The molecule has 68 valence electrons. The molecule has 0 aliphatic carbocycles. The van der Waals surface area contributed by atoms with Crippen molar-refractivity contribution in [3.8, 4) is 0 Å². The van der Waals surface area contributed by atoms with Crippen LogP contribution in [-0.2, 0) is 6.42 Å². The molecule has 4 heteroatoms. The van der Waals surface area contributed by atoms with Crippen LogP contribution < -0.4 is 0 Å². The molecule has 1 N–H and O–H groups in total. The Kier molecular flexibility index (Phi) is 2.50. The second kappa shape index (κ2) is 3.63. The lowest BCUT2D eigenvalue weighted by molar-refractivity contribution is 0.298. The lowest BCUT2D eigenvalue weighted by Gasteiger charge is -1.92. The van der Waals surface area contributed by atoms with Crippen LogP contribution in [0.5, 0.6) is 0 Å². The van der Waals surface area contributed by atoms with E-state index >= 15 is 0 Å². The summed E-state index contributed by atoms with van der Waals surface area (Å²) in [6.45, 7) is 0.153. The Labute approximate surface area is 89.6 Å². The van der Waals surface area contributed by atoms with Crippen LogP contribution in [0.1, 0.15) is 5.69 Å². The molecule has 0 aliphatic heterocycles. The minimum absolute atomic E-state index is 0.153. The number of hydrogen-bond donors (Lipinski definition) is 1. The fraction of sp³-hybridized carbons (Fsp3) is 0.222. The van der Waals surface area contributed by atoms with Crippen molar-refractivity contribution in [1.82, 2.24) is 9.38 Å². The summed E-state index contributed by atoms with van der Waals surface area (Å²) in [6, 6.07) is 4.00. The van der Waals surface area contributed by atoms with Crippen molar-refractivity contribution in [2.24, 2.45) is 0 Å². The second-order valence-electron chi connectivity index (χ2n) is 2.79. The fourth-order valence-electron chi connectivity index (χ4n) is 1.26. The van der Waals surface area contributed by atoms with E-state index in [9.17, 15) is 0 Å². The van der Waals surface area contributed by atoms with E-state index in [2.05, 4.69) is 27.6 Å². The number of fused-ring (bicyclic) bond motifs is 1. The van der Waals surface area contributed by atoms with Gasteiger partial charge in [0.1, 0.15) is 5.65 Å². The number of nitrogens with zero attached hydrogens (tertiary/aromatic N) is 2. The molecule has 13 heavy (non-hydrogen) atoms. The summed E-state index contributed by atoms with van der Waals surface area (Å²) < 4.78 is 3.11. The average Bonchev–Trinajstić information content (AvgIpc) is 2.49. The van der Waals surface area contributed by atoms with Gasteiger partial charge in [-0.1, -0.05) is 0 Å². The lowest BCUT2D eigenvalue weighted by Crippen LogP contribution is -1.89. The zero-order valence-electron chi connectivity index (χ0n) is 6.94. The number of pyridine rings is 1. The standard InChI is InChI=1S/C9H9IN2O/c10-8-2-1-4-12-6-7(3-5-13)11-9(8)12/h1-2,4,6,13H,3,5H2. The zero-order chi connectivity index (χ0) is 9.26. The van der Waals surface area contributed by atoms with Gasteiger partial charge in [0.2, 0.25) is 0 Å². The van der Waals surface area contributed by atoms with E-state index in [1.807, 2.05) is 28.9 Å². The third kappa shape index (κ3) is 1.68. The Bertz CT molecular complexity index is 424. The molecule has 2 rings (SSSR count). The number of aliphatic hydroxyl groups is 1. The maximum Gasteiger partial charge on any atom is 0.150 e. The number of rotatable bonds is 2. The Morgan fingerprint density at radius 2 is 2.38 bits per heavy atom. The Balaban J connectivity index is 2.55. The minimum Gasteiger partial charge on any atom is -0.396 e. The van der Waals surface area contributed by atoms with E-state index in [0.717, 1.165) is 14.9 Å². The van der Waals surface area contributed by atoms with Crippen molar-refractivity contribution in [1.29, 1.82) is 0 Å². The van der Waals surface area contributed by atoms with Gasteiger partial charge in [-0.15, -0.1) is 0 Å². The van der Waals surface area contributed by atoms with Crippen LogP contribution in [-0.4, -0.2) is 21.1 Å². The number of aliphatic hydroxyl groups excluding tert-OH is 1. The second-order valence-corrected chi connectivity index (χ2v) is 3.96. The Morgan fingerprint density at radius 3 is 3.08 bits per heavy atom. The van der Waals surface area contributed by atoms with E-state index in [1.165, 1.54) is 0 Å². The largest absolute Gasteiger partial charge is 0.396 e. The zero-order valence-corrected chi connectivity index (χ0v) is 9.10. The highest BCUT2D eigenvalue weighted by Gasteiger charge is 2.02. The first kappa shape index (κ1) is 8.96. The number of hydrogen-bond acceptors (Lipinski definition) is 2. The normalized spacial score (nSPS) is 10.9. The highest BCUT2D eigenvalue weighted by Crippen LogP contribution is 2.13. The molecule has 2 heterocycles. The molecule has 0 bridgehead atoms. The highest BCUT2D eigenvalue weighted by atomic mass is 127. The number of halogens is 1. The Hall–Kier alpha value is -0.620. The molecule has 2 aromatic rings. The van der Waals surface area contributed by atoms with E-state index in [4.69, 9.17) is 5.11 Å². The van der Waals surface area contributed by atoms with Crippen molar-refractivity contribution in [3.05, 3.63) is 33.8 Å². The predicted octanol–water partition coefficient (Wildman–Crippen LogP) is 1.47. The van der Waals surface area contributed by atoms with Gasteiger partial charge < -0.3 is 9.51 Å². The predicted molar refractivity (Wildman–Crippen MR) is 58.7 cm³/mol. The molecule has 0 unspecified atom stereocenters. The summed E-state index contributed by atoms with van der Waals surface area (Å²) >= 11 is 2.25. The van der Waals surface area contributed by atoms with Crippen LogP contribution in [0, 0.1) is 3.57 Å². The van der Waals surface area contributed by atoms with Gasteiger partial charge in [0.05, 0.1) is 9.26 Å². The molecule has 0 atom stereocenters. The summed E-state index contributed by atoms with van der Waals surface area (Å²) in [5.41, 5.74) is 1.90. The van der Waals surface area contributed by atoms with Crippen molar-refractivity contribution < 1.29 is 5.11 Å². The average molecular weight is 288 g/mol. The van der Waals surface area contributed by atoms with Crippen molar-refractivity contribution in [2.45, 2.75) is 6.42 Å². The maximum absolute atomic E-state index is 8.76. The molecule has 0 amide bonds. The third-order valence-corrected chi connectivity index (χ3v) is 2.69. The van der Waals surface area contributed by atoms with E-state index in [0.29, 0.717) is 6.42 Å². The van der Waals surface area contributed by atoms with Gasteiger partial charge >= 0.3 is 0 Å². The van der Waals surface area contributed by atoms with Gasteiger partial charge in [0, 0.05) is 25.4 Å². The van der Waals surface area contributed by atoms with E-state index in [1.54, 1.807) is 0 Å². The first-order valence-corrected chi connectivity index (χ1v) is 5.12. The SMILES string of the molecule is OCCc1cn2cccc(I)c2n1. The minimum atomic E-state index is 0.153. The molecule has 0 spiro atoms. The smallest absolute Gasteiger partial charge is 0.150 e. The summed E-state index contributed by atoms with van der Waals surface area (Å²) in [6.07, 6.45) is 4.54. The van der Waals surface area contributed by atoms with Crippen molar-refractivity contribution >= 4 is 28.2 Å². The van der Waals surface area contributed by atoms with Gasteiger partial charge in [-0.2, -0.15) is 0 Å². The maximum atomic E-state index is 8.76. The molecular weight excluding hydrogens is 279 g/mol. The first-order chi connectivity index (χ1) is 6.31. The molecule has 0 saturated carbocycles. The van der Waals surface area contributed by atoms with Crippen LogP contribution in [0.15, 0.2) is 24.5 Å². The van der Waals surface area contributed by atoms with E-state index < -0.39 is 0 Å². The quantitative estimate of drug-likeness (QED) is 0.850. The molecule has 0 aromatic carbocycles. The molecular formula is C9H9IN2O. The van der Waals surface area contributed by atoms with Crippen LogP contribution in [0.25, 0.3) is 5.65 Å². The summed E-state index contributed by atoms with van der Waals surface area (Å²) in [5.74, 6) is 0. The molecule has 0 aliphatic rings. The third-order valence-electron chi connectivity index (χ3n) is 1.85. The Morgan fingerprint density at radius 1 is 1.54 bits per heavy atom. The van der Waals surface area contributed by atoms with Crippen molar-refractivity contribution in [2.75, 3.05) is 6.61 Å².